The number of methoxy groups -OCH3 is 1. The molecule has 0 radical (unpaired) electrons. The lowest BCUT2D eigenvalue weighted by Crippen LogP contribution is -2.30. The third kappa shape index (κ3) is 6.19. The fourth-order valence-corrected chi connectivity index (χ4v) is 1.48. The molecule has 110 valence electrons. The van der Waals surface area contributed by atoms with E-state index < -0.39 is 0 Å². The van der Waals surface area contributed by atoms with Crippen molar-refractivity contribution in [2.45, 2.75) is 19.4 Å². The summed E-state index contributed by atoms with van der Waals surface area (Å²) in [5.41, 5.74) is 6.49. The van der Waals surface area contributed by atoms with Crippen molar-refractivity contribution in [2.24, 2.45) is 5.73 Å². The molecule has 6 nitrogen and oxygen atoms in total. The first-order valence-electron chi connectivity index (χ1n) is 6.41. The molecule has 6 heteroatoms. The van der Waals surface area contributed by atoms with Crippen molar-refractivity contribution < 1.29 is 19.1 Å². The molecule has 0 heterocycles. The van der Waals surface area contributed by atoms with Crippen LogP contribution >= 0.6 is 0 Å². The molecule has 0 aliphatic rings. The van der Waals surface area contributed by atoms with Crippen molar-refractivity contribution in [1.82, 2.24) is 5.32 Å². The van der Waals surface area contributed by atoms with E-state index >= 15 is 0 Å². The molecule has 0 saturated heterocycles. The van der Waals surface area contributed by atoms with E-state index in [1.165, 1.54) is 7.11 Å². The number of rotatable bonds is 8. The quantitative estimate of drug-likeness (QED) is 0.537. The van der Waals surface area contributed by atoms with Gasteiger partial charge in [0, 0.05) is 19.5 Å². The highest BCUT2D eigenvalue weighted by atomic mass is 16.5. The maximum Gasteiger partial charge on any atom is 0.305 e. The monoisotopic (exact) mass is 280 g/mol. The van der Waals surface area contributed by atoms with E-state index in [4.69, 9.17) is 10.5 Å². The van der Waals surface area contributed by atoms with Gasteiger partial charge in [-0.05, 0) is 24.1 Å². The average molecular weight is 280 g/mol. The molecule has 0 spiro atoms. The molecule has 0 fully saturated rings. The van der Waals surface area contributed by atoms with Gasteiger partial charge in [-0.15, -0.1) is 0 Å². The van der Waals surface area contributed by atoms with E-state index in [1.54, 1.807) is 12.1 Å². The van der Waals surface area contributed by atoms with Crippen molar-refractivity contribution in [2.75, 3.05) is 20.3 Å². The molecule has 0 aliphatic heterocycles. The molecule has 1 aromatic carbocycles. The highest BCUT2D eigenvalue weighted by molar-refractivity contribution is 5.77. The number of hydrogen-bond donors (Lipinski definition) is 2. The molecule has 1 aromatic rings. The lowest BCUT2D eigenvalue weighted by atomic mass is 10.2. The fraction of sp³-hybridized carbons (Fsp3) is 0.429. The number of carbonyl (C=O) groups excluding carboxylic acids is 2. The van der Waals surface area contributed by atoms with Crippen molar-refractivity contribution >= 4 is 11.9 Å². The van der Waals surface area contributed by atoms with Crippen molar-refractivity contribution in [1.29, 1.82) is 0 Å². The van der Waals surface area contributed by atoms with Crippen molar-refractivity contribution in [3.8, 4) is 5.75 Å². The molecule has 0 aromatic heterocycles. The first kappa shape index (κ1) is 16.0. The number of benzene rings is 1. The minimum Gasteiger partial charge on any atom is -0.484 e. The van der Waals surface area contributed by atoms with Crippen LogP contribution in [0.25, 0.3) is 0 Å². The molecule has 0 unspecified atom stereocenters. The maximum atomic E-state index is 11.5. The molecule has 0 saturated carbocycles. The number of nitrogens with two attached hydrogens (primary N) is 1. The van der Waals surface area contributed by atoms with Gasteiger partial charge in [-0.1, -0.05) is 12.1 Å². The van der Waals surface area contributed by atoms with Crippen LogP contribution in [-0.4, -0.2) is 32.1 Å². The Hall–Kier alpha value is -2.08. The molecule has 1 rings (SSSR count). The largest absolute Gasteiger partial charge is 0.484 e. The zero-order valence-corrected chi connectivity index (χ0v) is 11.6. The second-order valence-electron chi connectivity index (χ2n) is 4.17. The highest BCUT2D eigenvalue weighted by Gasteiger charge is 2.04. The van der Waals surface area contributed by atoms with Crippen LogP contribution in [-0.2, 0) is 20.9 Å². The smallest absolute Gasteiger partial charge is 0.305 e. The Morgan fingerprint density at radius 1 is 1.25 bits per heavy atom. The average Bonchev–Trinajstić information content (AvgIpc) is 2.49. The minimum absolute atomic E-state index is 0.0554. The van der Waals surface area contributed by atoms with Gasteiger partial charge in [-0.25, -0.2) is 0 Å². The van der Waals surface area contributed by atoms with Crippen LogP contribution in [0.3, 0.4) is 0 Å². The number of esters is 1. The van der Waals surface area contributed by atoms with Crippen LogP contribution in [0.5, 0.6) is 5.75 Å². The van der Waals surface area contributed by atoms with Crippen molar-refractivity contribution in [3.05, 3.63) is 29.8 Å². The summed E-state index contributed by atoms with van der Waals surface area (Å²) in [6.07, 6.45) is 0.835. The van der Waals surface area contributed by atoms with Gasteiger partial charge in [0.15, 0.2) is 6.61 Å². The first-order valence-corrected chi connectivity index (χ1v) is 6.41. The summed E-state index contributed by atoms with van der Waals surface area (Å²) in [7, 11) is 1.34. The van der Waals surface area contributed by atoms with Crippen LogP contribution in [0.15, 0.2) is 24.3 Å². The Kier molecular flexibility index (Phi) is 7.13. The summed E-state index contributed by atoms with van der Waals surface area (Å²) >= 11 is 0. The Morgan fingerprint density at radius 3 is 2.55 bits per heavy atom. The van der Waals surface area contributed by atoms with E-state index in [0.29, 0.717) is 25.3 Å². The third-order valence-corrected chi connectivity index (χ3v) is 2.64. The van der Waals surface area contributed by atoms with Crippen LogP contribution in [0.2, 0.25) is 0 Å². The summed E-state index contributed by atoms with van der Waals surface area (Å²) in [6, 6.07) is 7.24. The van der Waals surface area contributed by atoms with Gasteiger partial charge in [0.25, 0.3) is 5.91 Å². The summed E-state index contributed by atoms with van der Waals surface area (Å²) in [4.78, 5) is 22.3. The molecule has 20 heavy (non-hydrogen) atoms. The van der Waals surface area contributed by atoms with E-state index in [9.17, 15) is 9.59 Å². The van der Waals surface area contributed by atoms with E-state index in [0.717, 1.165) is 5.56 Å². The Labute approximate surface area is 118 Å². The fourth-order valence-electron chi connectivity index (χ4n) is 1.48. The van der Waals surface area contributed by atoms with E-state index in [-0.39, 0.29) is 24.9 Å². The molecule has 3 N–H and O–H groups in total. The van der Waals surface area contributed by atoms with Gasteiger partial charge in [0.05, 0.1) is 7.11 Å². The Morgan fingerprint density at radius 2 is 1.95 bits per heavy atom. The van der Waals surface area contributed by atoms with E-state index in [1.807, 2.05) is 12.1 Å². The lowest BCUT2D eigenvalue weighted by molar-refractivity contribution is -0.140. The second kappa shape index (κ2) is 8.92. The molecule has 0 aliphatic carbocycles. The second-order valence-corrected chi connectivity index (χ2v) is 4.17. The first-order chi connectivity index (χ1) is 9.65. The summed E-state index contributed by atoms with van der Waals surface area (Å²) in [5, 5.41) is 2.66. The highest BCUT2D eigenvalue weighted by Crippen LogP contribution is 2.11. The topological polar surface area (TPSA) is 90.6 Å². The van der Waals surface area contributed by atoms with Crippen LogP contribution in [0.4, 0.5) is 0 Å². The molecule has 1 amide bonds. The van der Waals surface area contributed by atoms with Crippen LogP contribution in [0.1, 0.15) is 18.4 Å². The molecular formula is C14H20N2O4. The van der Waals surface area contributed by atoms with Gasteiger partial charge in [0.1, 0.15) is 5.75 Å². The summed E-state index contributed by atoms with van der Waals surface area (Å²) in [5.74, 6) is 0.111. The lowest BCUT2D eigenvalue weighted by Gasteiger charge is -2.07. The van der Waals surface area contributed by atoms with Gasteiger partial charge in [0.2, 0.25) is 0 Å². The number of carbonyl (C=O) groups is 2. The number of hydrogen-bond acceptors (Lipinski definition) is 5. The zero-order chi connectivity index (χ0) is 14.8. The minimum atomic E-state index is -0.282. The predicted octanol–water partition coefficient (Wildman–Crippen LogP) is 0.593. The standard InChI is InChI=1S/C14H20N2O4/c1-19-14(18)3-2-8-16-13(17)10-20-12-6-4-11(9-15)5-7-12/h4-7H,2-3,8-10,15H2,1H3,(H,16,17). The van der Waals surface area contributed by atoms with Gasteiger partial charge < -0.3 is 20.5 Å². The summed E-state index contributed by atoms with van der Waals surface area (Å²) < 4.78 is 9.82. The molecule has 0 atom stereocenters. The van der Waals surface area contributed by atoms with Crippen LogP contribution < -0.4 is 15.8 Å². The SMILES string of the molecule is COC(=O)CCCNC(=O)COc1ccc(CN)cc1. The summed E-state index contributed by atoms with van der Waals surface area (Å²) in [6.45, 7) is 0.838. The zero-order valence-electron chi connectivity index (χ0n) is 11.6. The predicted molar refractivity (Wildman–Crippen MR) is 74.1 cm³/mol. The normalized spacial score (nSPS) is 9.90. The van der Waals surface area contributed by atoms with Gasteiger partial charge in [-0.2, -0.15) is 0 Å². The molecular weight excluding hydrogens is 260 g/mol. The number of ether oxygens (including phenoxy) is 2. The van der Waals surface area contributed by atoms with Gasteiger partial charge in [-0.3, -0.25) is 9.59 Å². The molecule has 0 bridgehead atoms. The van der Waals surface area contributed by atoms with Crippen molar-refractivity contribution in [3.63, 3.8) is 0 Å². The number of amides is 1. The maximum absolute atomic E-state index is 11.5. The van der Waals surface area contributed by atoms with Crippen LogP contribution in [0, 0.1) is 0 Å². The Balaban J connectivity index is 2.17. The van der Waals surface area contributed by atoms with E-state index in [2.05, 4.69) is 10.1 Å². The third-order valence-electron chi connectivity index (χ3n) is 2.64. The van der Waals surface area contributed by atoms with Gasteiger partial charge >= 0.3 is 5.97 Å². The number of nitrogens with one attached hydrogen (secondary N) is 1. The Bertz CT molecular complexity index is 431.